The monoisotopic (exact) mass is 231 g/mol. The molecule has 0 saturated carbocycles. The second kappa shape index (κ2) is 4.71. The Morgan fingerprint density at radius 3 is 3.12 bits per heavy atom. The van der Waals surface area contributed by atoms with Gasteiger partial charge in [0.1, 0.15) is 0 Å². The number of H-pyrrole nitrogens is 1. The molecule has 0 amide bonds. The lowest BCUT2D eigenvalue weighted by Gasteiger charge is -2.24. The lowest BCUT2D eigenvalue weighted by molar-refractivity contribution is 0.396. The van der Waals surface area contributed by atoms with Crippen LogP contribution in [0.2, 0.25) is 0 Å². The third-order valence-corrected chi connectivity index (χ3v) is 3.32. The second-order valence-corrected chi connectivity index (χ2v) is 4.56. The molecule has 5 nitrogen and oxygen atoms in total. The molecule has 0 aromatic carbocycles. The van der Waals surface area contributed by atoms with Crippen molar-refractivity contribution in [2.75, 3.05) is 6.54 Å². The molecule has 1 atom stereocenters. The Kier molecular flexibility index (Phi) is 2.92. The summed E-state index contributed by atoms with van der Waals surface area (Å²) >= 11 is 0. The van der Waals surface area contributed by atoms with Crippen molar-refractivity contribution < 1.29 is 0 Å². The fourth-order valence-electron chi connectivity index (χ4n) is 2.42. The van der Waals surface area contributed by atoms with Gasteiger partial charge in [-0.3, -0.25) is 5.10 Å². The topological polar surface area (TPSA) is 58.5 Å². The Hall–Kier alpha value is -1.62. The minimum absolute atomic E-state index is 0.457. The van der Waals surface area contributed by atoms with Gasteiger partial charge in [-0.05, 0) is 19.4 Å². The summed E-state index contributed by atoms with van der Waals surface area (Å²) in [7, 11) is 0. The molecule has 3 rings (SSSR count). The van der Waals surface area contributed by atoms with Gasteiger partial charge in [0.25, 0.3) is 0 Å². The van der Waals surface area contributed by atoms with Crippen LogP contribution in [0, 0.1) is 0 Å². The molecule has 0 radical (unpaired) electrons. The molecule has 1 saturated heterocycles. The van der Waals surface area contributed by atoms with Gasteiger partial charge in [-0.15, -0.1) is 0 Å². The zero-order valence-corrected chi connectivity index (χ0v) is 9.76. The van der Waals surface area contributed by atoms with E-state index in [-0.39, 0.29) is 0 Å². The Bertz CT molecular complexity index is 453. The van der Waals surface area contributed by atoms with Gasteiger partial charge in [-0.1, -0.05) is 6.42 Å². The summed E-state index contributed by atoms with van der Waals surface area (Å²) < 4.78 is 2.20. The van der Waals surface area contributed by atoms with E-state index in [1.54, 1.807) is 0 Å². The standard InChI is InChI=1S/C12H17N5/c1-2-4-14-11(3-1)12-7-13-9-17(12)8-10-5-15-16-6-10/h5-7,9,11,14H,1-4,8H2,(H,15,16). The van der Waals surface area contributed by atoms with E-state index in [4.69, 9.17) is 0 Å². The zero-order valence-electron chi connectivity index (χ0n) is 9.76. The van der Waals surface area contributed by atoms with Crippen LogP contribution in [0.3, 0.4) is 0 Å². The molecule has 90 valence electrons. The second-order valence-electron chi connectivity index (χ2n) is 4.56. The van der Waals surface area contributed by atoms with Crippen LogP contribution < -0.4 is 5.32 Å². The summed E-state index contributed by atoms with van der Waals surface area (Å²) in [6, 6.07) is 0.457. The van der Waals surface area contributed by atoms with Crippen molar-refractivity contribution in [1.29, 1.82) is 0 Å². The van der Waals surface area contributed by atoms with Crippen molar-refractivity contribution in [3.8, 4) is 0 Å². The molecule has 2 aromatic rings. The Morgan fingerprint density at radius 1 is 1.35 bits per heavy atom. The van der Waals surface area contributed by atoms with E-state index in [2.05, 4.69) is 25.1 Å². The van der Waals surface area contributed by atoms with Crippen LogP contribution in [0.15, 0.2) is 24.9 Å². The average Bonchev–Trinajstić information content (AvgIpc) is 3.02. The predicted molar refractivity (Wildman–Crippen MR) is 64.5 cm³/mol. The Morgan fingerprint density at radius 2 is 2.35 bits per heavy atom. The molecular formula is C12H17N5. The summed E-state index contributed by atoms with van der Waals surface area (Å²) in [4.78, 5) is 4.27. The molecule has 17 heavy (non-hydrogen) atoms. The first-order chi connectivity index (χ1) is 8.43. The summed E-state index contributed by atoms with van der Waals surface area (Å²) in [6.45, 7) is 1.95. The van der Waals surface area contributed by atoms with Gasteiger partial charge in [0.05, 0.1) is 24.8 Å². The summed E-state index contributed by atoms with van der Waals surface area (Å²) in [5.74, 6) is 0. The van der Waals surface area contributed by atoms with Crippen LogP contribution >= 0.6 is 0 Å². The molecule has 0 spiro atoms. The first-order valence-corrected chi connectivity index (χ1v) is 6.14. The number of piperidine rings is 1. The summed E-state index contributed by atoms with van der Waals surface area (Å²) in [6.07, 6.45) is 11.5. The van der Waals surface area contributed by atoms with E-state index in [0.717, 1.165) is 13.1 Å². The van der Waals surface area contributed by atoms with E-state index < -0.39 is 0 Å². The van der Waals surface area contributed by atoms with Crippen LogP contribution in [0.4, 0.5) is 0 Å². The van der Waals surface area contributed by atoms with Gasteiger partial charge in [-0.2, -0.15) is 5.10 Å². The Labute approximate surface area is 100 Å². The molecule has 2 N–H and O–H groups in total. The fraction of sp³-hybridized carbons (Fsp3) is 0.500. The van der Waals surface area contributed by atoms with E-state index in [1.165, 1.54) is 30.5 Å². The number of rotatable bonds is 3. The van der Waals surface area contributed by atoms with Crippen molar-refractivity contribution in [2.24, 2.45) is 0 Å². The van der Waals surface area contributed by atoms with Gasteiger partial charge in [0.2, 0.25) is 0 Å². The van der Waals surface area contributed by atoms with Crippen LogP contribution in [0.5, 0.6) is 0 Å². The molecule has 1 aliphatic heterocycles. The zero-order chi connectivity index (χ0) is 11.5. The third kappa shape index (κ3) is 2.24. The number of aromatic amines is 1. The minimum Gasteiger partial charge on any atom is -0.329 e. The predicted octanol–water partition coefficient (Wildman–Crippen LogP) is 1.47. The van der Waals surface area contributed by atoms with Crippen molar-refractivity contribution >= 4 is 0 Å². The number of nitrogens with one attached hydrogen (secondary N) is 2. The maximum Gasteiger partial charge on any atom is 0.0951 e. The van der Waals surface area contributed by atoms with Crippen molar-refractivity contribution in [3.05, 3.63) is 36.2 Å². The third-order valence-electron chi connectivity index (χ3n) is 3.32. The van der Waals surface area contributed by atoms with E-state index in [0.29, 0.717) is 6.04 Å². The molecule has 2 aromatic heterocycles. The quantitative estimate of drug-likeness (QED) is 0.841. The maximum atomic E-state index is 4.27. The lowest BCUT2D eigenvalue weighted by Crippen LogP contribution is -2.28. The van der Waals surface area contributed by atoms with Gasteiger partial charge in [0.15, 0.2) is 0 Å². The SMILES string of the molecule is c1n[nH]cc1Cn1cncc1C1CCCCN1. The lowest BCUT2D eigenvalue weighted by atomic mass is 10.0. The highest BCUT2D eigenvalue weighted by Gasteiger charge is 2.18. The first kappa shape index (κ1) is 10.5. The van der Waals surface area contributed by atoms with Gasteiger partial charge >= 0.3 is 0 Å². The molecule has 0 aliphatic carbocycles. The van der Waals surface area contributed by atoms with Crippen LogP contribution in [0.1, 0.15) is 36.6 Å². The average molecular weight is 231 g/mol. The van der Waals surface area contributed by atoms with E-state index in [9.17, 15) is 0 Å². The Balaban J connectivity index is 1.78. The highest BCUT2D eigenvalue weighted by Crippen LogP contribution is 2.22. The summed E-state index contributed by atoms with van der Waals surface area (Å²) in [5.41, 5.74) is 2.46. The van der Waals surface area contributed by atoms with E-state index in [1.807, 2.05) is 24.9 Å². The molecule has 1 aliphatic rings. The number of imidazole rings is 1. The van der Waals surface area contributed by atoms with Crippen LogP contribution in [-0.2, 0) is 6.54 Å². The molecule has 1 unspecified atom stereocenters. The normalized spacial score (nSPS) is 20.6. The van der Waals surface area contributed by atoms with Gasteiger partial charge in [0, 0.05) is 24.0 Å². The largest absolute Gasteiger partial charge is 0.329 e. The van der Waals surface area contributed by atoms with Crippen LogP contribution in [0.25, 0.3) is 0 Å². The van der Waals surface area contributed by atoms with Crippen molar-refractivity contribution in [2.45, 2.75) is 31.8 Å². The van der Waals surface area contributed by atoms with Gasteiger partial charge < -0.3 is 9.88 Å². The summed E-state index contributed by atoms with van der Waals surface area (Å²) in [5, 5.41) is 10.4. The molecular weight excluding hydrogens is 214 g/mol. The number of aromatic nitrogens is 4. The maximum absolute atomic E-state index is 4.27. The van der Waals surface area contributed by atoms with Crippen LogP contribution in [-0.4, -0.2) is 26.3 Å². The molecule has 5 heteroatoms. The van der Waals surface area contributed by atoms with Crippen molar-refractivity contribution in [1.82, 2.24) is 25.1 Å². The molecule has 1 fully saturated rings. The number of hydrogen-bond acceptors (Lipinski definition) is 3. The smallest absolute Gasteiger partial charge is 0.0951 e. The first-order valence-electron chi connectivity index (χ1n) is 6.14. The molecule has 3 heterocycles. The van der Waals surface area contributed by atoms with Gasteiger partial charge in [-0.25, -0.2) is 4.98 Å². The number of nitrogens with zero attached hydrogens (tertiary/aromatic N) is 3. The van der Waals surface area contributed by atoms with Crippen molar-refractivity contribution in [3.63, 3.8) is 0 Å². The molecule has 0 bridgehead atoms. The minimum atomic E-state index is 0.457. The number of hydrogen-bond donors (Lipinski definition) is 2. The van der Waals surface area contributed by atoms with E-state index >= 15 is 0 Å². The highest BCUT2D eigenvalue weighted by molar-refractivity contribution is 5.11. The highest BCUT2D eigenvalue weighted by atomic mass is 15.1. The fourth-order valence-corrected chi connectivity index (χ4v) is 2.42.